The van der Waals surface area contributed by atoms with Crippen LogP contribution in [0.3, 0.4) is 0 Å². The number of hydrogen-bond donors (Lipinski definition) is 1. The standard InChI is InChI=1S/C14H13F3O/c1-3-9-13(18,10-4-2)11-5-7-12(8-6-11)14(15,16)17/h3,5-8,10,18H,1-2,9H2. The molecule has 0 aliphatic rings. The molecule has 0 bridgehead atoms. The van der Waals surface area contributed by atoms with Crippen LogP contribution in [0.1, 0.15) is 17.5 Å². The lowest BCUT2D eigenvalue weighted by Crippen LogP contribution is -2.22. The zero-order chi connectivity index (χ0) is 13.8. The minimum Gasteiger partial charge on any atom is -0.380 e. The van der Waals surface area contributed by atoms with Crippen LogP contribution in [0.4, 0.5) is 13.2 Å². The molecule has 0 heterocycles. The van der Waals surface area contributed by atoms with Gasteiger partial charge in [-0.1, -0.05) is 24.8 Å². The average Bonchev–Trinajstić information content (AvgIpc) is 2.29. The third kappa shape index (κ3) is 3.13. The fourth-order valence-corrected chi connectivity index (χ4v) is 1.60. The molecule has 18 heavy (non-hydrogen) atoms. The summed E-state index contributed by atoms with van der Waals surface area (Å²) in [5.74, 6) is 0. The molecule has 0 aromatic heterocycles. The Morgan fingerprint density at radius 2 is 1.67 bits per heavy atom. The summed E-state index contributed by atoms with van der Waals surface area (Å²) in [5.41, 5.74) is 0.603. The molecule has 0 saturated heterocycles. The average molecular weight is 254 g/mol. The summed E-state index contributed by atoms with van der Waals surface area (Å²) >= 11 is 0. The van der Waals surface area contributed by atoms with E-state index in [1.807, 2.05) is 0 Å². The van der Waals surface area contributed by atoms with Crippen LogP contribution in [-0.2, 0) is 11.8 Å². The van der Waals surface area contributed by atoms with Crippen LogP contribution in [0.15, 0.2) is 55.3 Å². The maximum absolute atomic E-state index is 12.4. The van der Waals surface area contributed by atoms with Crippen LogP contribution in [0, 0.1) is 0 Å². The smallest absolute Gasteiger partial charge is 0.380 e. The summed E-state index contributed by atoms with van der Waals surface area (Å²) < 4.78 is 37.2. The lowest BCUT2D eigenvalue weighted by Gasteiger charge is -2.23. The van der Waals surface area contributed by atoms with E-state index in [9.17, 15) is 18.3 Å². The fraction of sp³-hybridized carbons (Fsp3) is 0.214. The highest BCUT2D eigenvalue weighted by atomic mass is 19.4. The summed E-state index contributed by atoms with van der Waals surface area (Å²) in [7, 11) is 0. The number of benzene rings is 1. The number of halogens is 3. The van der Waals surface area contributed by atoms with Gasteiger partial charge >= 0.3 is 6.18 Å². The third-order valence-corrected chi connectivity index (χ3v) is 2.51. The van der Waals surface area contributed by atoms with Gasteiger partial charge in [-0.05, 0) is 23.8 Å². The van der Waals surface area contributed by atoms with Crippen molar-refractivity contribution in [2.24, 2.45) is 0 Å². The molecule has 1 unspecified atom stereocenters. The Bertz CT molecular complexity index is 467. The van der Waals surface area contributed by atoms with E-state index in [1.54, 1.807) is 0 Å². The van der Waals surface area contributed by atoms with Crippen LogP contribution < -0.4 is 0 Å². The largest absolute Gasteiger partial charge is 0.416 e. The number of hydrogen-bond acceptors (Lipinski definition) is 1. The van der Waals surface area contributed by atoms with Crippen molar-refractivity contribution in [3.63, 3.8) is 0 Å². The van der Waals surface area contributed by atoms with Crippen molar-refractivity contribution in [2.45, 2.75) is 18.2 Å². The van der Waals surface area contributed by atoms with Gasteiger partial charge in [0.1, 0.15) is 5.60 Å². The zero-order valence-electron chi connectivity index (χ0n) is 9.67. The summed E-state index contributed by atoms with van der Waals surface area (Å²) in [4.78, 5) is 0. The molecule has 1 aromatic carbocycles. The molecule has 1 rings (SSSR count). The second-order valence-electron chi connectivity index (χ2n) is 3.84. The van der Waals surface area contributed by atoms with E-state index < -0.39 is 17.3 Å². The predicted molar refractivity (Wildman–Crippen MR) is 63.9 cm³/mol. The van der Waals surface area contributed by atoms with E-state index in [1.165, 1.54) is 24.3 Å². The number of rotatable bonds is 4. The lowest BCUT2D eigenvalue weighted by molar-refractivity contribution is -0.137. The van der Waals surface area contributed by atoms with E-state index >= 15 is 0 Å². The second kappa shape index (κ2) is 5.25. The highest BCUT2D eigenvalue weighted by molar-refractivity contribution is 5.32. The molecular weight excluding hydrogens is 241 g/mol. The summed E-state index contributed by atoms with van der Waals surface area (Å²) in [6, 6.07) is 4.33. The normalized spacial score (nSPS) is 14.4. The Hall–Kier alpha value is -1.77. The Morgan fingerprint density at radius 3 is 2.06 bits per heavy atom. The highest BCUT2D eigenvalue weighted by Crippen LogP contribution is 2.32. The van der Waals surface area contributed by atoms with Gasteiger partial charge in [0, 0.05) is 6.42 Å². The van der Waals surface area contributed by atoms with Gasteiger partial charge in [-0.2, -0.15) is 13.2 Å². The van der Waals surface area contributed by atoms with E-state index in [4.69, 9.17) is 0 Å². The molecular formula is C14H13F3O. The summed E-state index contributed by atoms with van der Waals surface area (Å²) in [5, 5.41) is 10.3. The van der Waals surface area contributed by atoms with Gasteiger partial charge in [-0.25, -0.2) is 0 Å². The van der Waals surface area contributed by atoms with Gasteiger partial charge in [-0.15, -0.1) is 12.3 Å². The quantitative estimate of drug-likeness (QED) is 0.640. The number of alkyl halides is 3. The molecule has 0 saturated carbocycles. The first-order chi connectivity index (χ1) is 8.33. The Morgan fingerprint density at radius 1 is 1.17 bits per heavy atom. The zero-order valence-corrected chi connectivity index (χ0v) is 9.67. The molecule has 0 amide bonds. The van der Waals surface area contributed by atoms with Gasteiger partial charge in [0.25, 0.3) is 0 Å². The number of aliphatic hydroxyl groups is 1. The highest BCUT2D eigenvalue weighted by Gasteiger charge is 2.31. The first-order valence-electron chi connectivity index (χ1n) is 5.21. The topological polar surface area (TPSA) is 20.2 Å². The minimum atomic E-state index is -4.39. The molecule has 1 atom stereocenters. The van der Waals surface area contributed by atoms with Crippen LogP contribution in [0.25, 0.3) is 0 Å². The Kier molecular flexibility index (Phi) is 4.17. The van der Waals surface area contributed by atoms with Gasteiger partial charge in [-0.3, -0.25) is 0 Å². The first kappa shape index (κ1) is 14.3. The van der Waals surface area contributed by atoms with Gasteiger partial charge in [0.15, 0.2) is 0 Å². The van der Waals surface area contributed by atoms with Gasteiger partial charge < -0.3 is 5.11 Å². The summed E-state index contributed by atoms with van der Waals surface area (Å²) in [6.45, 7) is 6.86. The van der Waals surface area contributed by atoms with E-state index in [0.717, 1.165) is 12.1 Å². The third-order valence-electron chi connectivity index (χ3n) is 2.51. The molecule has 1 nitrogen and oxygen atoms in total. The van der Waals surface area contributed by atoms with Crippen molar-refractivity contribution in [3.8, 4) is 0 Å². The van der Waals surface area contributed by atoms with Crippen molar-refractivity contribution in [3.05, 3.63) is 66.4 Å². The lowest BCUT2D eigenvalue weighted by atomic mass is 9.90. The Labute approximate surface area is 104 Å². The molecule has 4 heteroatoms. The van der Waals surface area contributed by atoms with Crippen molar-refractivity contribution >= 4 is 0 Å². The minimum absolute atomic E-state index is 0.168. The Balaban J connectivity index is 3.16. The molecule has 1 aromatic rings. The monoisotopic (exact) mass is 254 g/mol. The molecule has 96 valence electrons. The van der Waals surface area contributed by atoms with Crippen molar-refractivity contribution in [1.29, 1.82) is 0 Å². The molecule has 0 aliphatic carbocycles. The summed E-state index contributed by atoms with van der Waals surface area (Å²) in [6.07, 6.45) is -1.44. The maximum atomic E-state index is 12.4. The van der Waals surface area contributed by atoms with Gasteiger partial charge in [0.2, 0.25) is 0 Å². The maximum Gasteiger partial charge on any atom is 0.416 e. The molecule has 0 radical (unpaired) electrons. The van der Waals surface area contributed by atoms with E-state index in [2.05, 4.69) is 18.9 Å². The molecule has 1 N–H and O–H groups in total. The van der Waals surface area contributed by atoms with Crippen molar-refractivity contribution in [1.82, 2.24) is 0 Å². The first-order valence-corrected chi connectivity index (χ1v) is 5.21. The van der Waals surface area contributed by atoms with Gasteiger partial charge in [0.05, 0.1) is 5.56 Å². The molecule has 0 fully saturated rings. The second-order valence-corrected chi connectivity index (χ2v) is 3.84. The van der Waals surface area contributed by atoms with E-state index in [-0.39, 0.29) is 6.42 Å². The molecule has 0 aliphatic heterocycles. The van der Waals surface area contributed by atoms with Crippen LogP contribution in [0.2, 0.25) is 0 Å². The SMILES string of the molecule is C=C=CC(O)(CC=C)c1ccc(C(F)(F)F)cc1. The fourth-order valence-electron chi connectivity index (χ4n) is 1.60. The van der Waals surface area contributed by atoms with Crippen molar-refractivity contribution < 1.29 is 18.3 Å². The van der Waals surface area contributed by atoms with Crippen LogP contribution in [0.5, 0.6) is 0 Å². The van der Waals surface area contributed by atoms with Crippen LogP contribution in [-0.4, -0.2) is 5.11 Å². The molecule has 0 spiro atoms. The van der Waals surface area contributed by atoms with Crippen molar-refractivity contribution in [2.75, 3.05) is 0 Å². The van der Waals surface area contributed by atoms with E-state index in [0.29, 0.717) is 5.56 Å². The van der Waals surface area contributed by atoms with Crippen LogP contribution >= 0.6 is 0 Å². The predicted octanol–water partition coefficient (Wildman–Crippen LogP) is 3.81.